The van der Waals surface area contributed by atoms with E-state index in [0.717, 1.165) is 23.4 Å². The van der Waals surface area contributed by atoms with Crippen molar-refractivity contribution in [2.45, 2.75) is 6.42 Å². The molecule has 1 heterocycles. The summed E-state index contributed by atoms with van der Waals surface area (Å²) in [7, 11) is 0. The van der Waals surface area contributed by atoms with Crippen LogP contribution in [0.25, 0.3) is 22.5 Å². The van der Waals surface area contributed by atoms with Crippen molar-refractivity contribution in [1.82, 2.24) is 10.2 Å². The van der Waals surface area contributed by atoms with Gasteiger partial charge in [0.15, 0.2) is 0 Å². The minimum Gasteiger partial charge on any atom is -0.291 e. The van der Waals surface area contributed by atoms with Crippen molar-refractivity contribution in [3.05, 3.63) is 59.7 Å². The predicted molar refractivity (Wildman–Crippen MR) is 77.7 cm³/mol. The summed E-state index contributed by atoms with van der Waals surface area (Å²) in [5.74, 6) is 0. The quantitative estimate of drug-likeness (QED) is 0.485. The Morgan fingerprint density at radius 1 is 1.05 bits per heavy atom. The van der Waals surface area contributed by atoms with Crippen LogP contribution in [0.15, 0.2) is 48.5 Å². The van der Waals surface area contributed by atoms with Crippen LogP contribution in [-0.2, 0) is 6.42 Å². The van der Waals surface area contributed by atoms with E-state index in [4.69, 9.17) is 5.21 Å². The average Bonchev–Trinajstić information content (AvgIpc) is 3.06. The standard InChI is InChI=1S/C16H13N3O/c20-19-12-7-5-10(6-8-12)15-14-9-11-3-1-2-4-13(11)16(14)18-17-15/h1-8,19-20H,9H2,(H,17,18). The van der Waals surface area contributed by atoms with E-state index in [1.165, 1.54) is 16.7 Å². The number of H-pyrrole nitrogens is 1. The molecule has 3 N–H and O–H groups in total. The predicted octanol–water partition coefficient (Wildman–Crippen LogP) is 3.45. The Hall–Kier alpha value is -2.59. The molecule has 20 heavy (non-hydrogen) atoms. The van der Waals surface area contributed by atoms with Crippen LogP contribution in [-0.4, -0.2) is 15.4 Å². The highest BCUT2D eigenvalue weighted by Gasteiger charge is 2.24. The van der Waals surface area contributed by atoms with E-state index in [-0.39, 0.29) is 0 Å². The largest absolute Gasteiger partial charge is 0.291 e. The van der Waals surface area contributed by atoms with Crippen molar-refractivity contribution in [3.8, 4) is 22.5 Å². The molecule has 4 nitrogen and oxygen atoms in total. The number of nitrogens with zero attached hydrogens (tertiary/aromatic N) is 1. The Morgan fingerprint density at radius 3 is 2.65 bits per heavy atom. The second-order valence-electron chi connectivity index (χ2n) is 4.95. The molecule has 1 aliphatic rings. The number of aromatic nitrogens is 2. The minimum atomic E-state index is 0.671. The molecule has 1 aromatic heterocycles. The molecule has 3 aromatic rings. The maximum Gasteiger partial charge on any atom is 0.0962 e. The first-order valence-electron chi connectivity index (χ1n) is 6.53. The third-order valence-electron chi connectivity index (χ3n) is 3.81. The van der Waals surface area contributed by atoms with Gasteiger partial charge < -0.3 is 0 Å². The van der Waals surface area contributed by atoms with E-state index >= 15 is 0 Å². The summed E-state index contributed by atoms with van der Waals surface area (Å²) in [4.78, 5) is 0. The topological polar surface area (TPSA) is 60.9 Å². The van der Waals surface area contributed by atoms with Gasteiger partial charge in [-0.2, -0.15) is 5.10 Å². The lowest BCUT2D eigenvalue weighted by atomic mass is 10.1. The number of hydrogen-bond acceptors (Lipinski definition) is 3. The van der Waals surface area contributed by atoms with Gasteiger partial charge in [-0.25, -0.2) is 0 Å². The van der Waals surface area contributed by atoms with Crippen LogP contribution in [0.3, 0.4) is 0 Å². The molecule has 0 bridgehead atoms. The lowest BCUT2D eigenvalue weighted by Gasteiger charge is -2.02. The molecule has 0 saturated heterocycles. The van der Waals surface area contributed by atoms with Gasteiger partial charge in [0.05, 0.1) is 17.1 Å². The molecule has 98 valence electrons. The van der Waals surface area contributed by atoms with Crippen LogP contribution in [0, 0.1) is 0 Å². The fraction of sp³-hybridized carbons (Fsp3) is 0.0625. The summed E-state index contributed by atoms with van der Waals surface area (Å²) < 4.78 is 0. The highest BCUT2D eigenvalue weighted by Crippen LogP contribution is 2.39. The molecule has 0 unspecified atom stereocenters. The number of aromatic amines is 1. The van der Waals surface area contributed by atoms with Crippen LogP contribution in [0.1, 0.15) is 11.1 Å². The van der Waals surface area contributed by atoms with Gasteiger partial charge >= 0.3 is 0 Å². The first kappa shape index (κ1) is 11.3. The number of nitrogens with one attached hydrogen (secondary N) is 2. The molecule has 4 rings (SSSR count). The highest BCUT2D eigenvalue weighted by atomic mass is 16.5. The zero-order valence-electron chi connectivity index (χ0n) is 10.7. The number of benzene rings is 2. The van der Waals surface area contributed by atoms with Gasteiger partial charge in [0.25, 0.3) is 0 Å². The number of anilines is 1. The Bertz CT molecular complexity index is 775. The van der Waals surface area contributed by atoms with Gasteiger partial charge in [0, 0.05) is 23.1 Å². The van der Waals surface area contributed by atoms with Crippen LogP contribution in [0.5, 0.6) is 0 Å². The zero-order valence-corrected chi connectivity index (χ0v) is 10.7. The van der Waals surface area contributed by atoms with Gasteiger partial charge in [0.1, 0.15) is 0 Å². The van der Waals surface area contributed by atoms with E-state index < -0.39 is 0 Å². The van der Waals surface area contributed by atoms with E-state index in [0.29, 0.717) is 5.69 Å². The molecule has 0 atom stereocenters. The van der Waals surface area contributed by atoms with Crippen molar-refractivity contribution in [2.24, 2.45) is 0 Å². The van der Waals surface area contributed by atoms with E-state index in [9.17, 15) is 0 Å². The van der Waals surface area contributed by atoms with Crippen molar-refractivity contribution >= 4 is 5.69 Å². The first-order valence-corrected chi connectivity index (χ1v) is 6.53. The second-order valence-corrected chi connectivity index (χ2v) is 4.95. The fourth-order valence-corrected chi connectivity index (χ4v) is 2.81. The van der Waals surface area contributed by atoms with Crippen molar-refractivity contribution in [3.63, 3.8) is 0 Å². The summed E-state index contributed by atoms with van der Waals surface area (Å²) in [6.07, 6.45) is 0.914. The molecule has 0 spiro atoms. The minimum absolute atomic E-state index is 0.671. The third kappa shape index (κ3) is 1.55. The van der Waals surface area contributed by atoms with Gasteiger partial charge in [-0.1, -0.05) is 36.4 Å². The van der Waals surface area contributed by atoms with Crippen LogP contribution >= 0.6 is 0 Å². The van der Waals surface area contributed by atoms with Crippen LogP contribution in [0.4, 0.5) is 5.69 Å². The third-order valence-corrected chi connectivity index (χ3v) is 3.81. The summed E-state index contributed by atoms with van der Waals surface area (Å²) in [6, 6.07) is 16.0. The van der Waals surface area contributed by atoms with Crippen molar-refractivity contribution in [1.29, 1.82) is 0 Å². The monoisotopic (exact) mass is 263 g/mol. The lowest BCUT2D eigenvalue weighted by Crippen LogP contribution is -1.90. The summed E-state index contributed by atoms with van der Waals surface area (Å²) in [5, 5.41) is 16.5. The molecule has 0 radical (unpaired) electrons. The maximum atomic E-state index is 8.86. The normalized spacial score (nSPS) is 12.1. The van der Waals surface area contributed by atoms with E-state index in [1.54, 1.807) is 0 Å². The van der Waals surface area contributed by atoms with Crippen LogP contribution < -0.4 is 5.48 Å². The summed E-state index contributed by atoms with van der Waals surface area (Å²) >= 11 is 0. The summed E-state index contributed by atoms with van der Waals surface area (Å²) in [6.45, 7) is 0. The Balaban J connectivity index is 1.81. The summed E-state index contributed by atoms with van der Waals surface area (Å²) in [5.41, 5.74) is 9.80. The Labute approximate surface area is 116 Å². The van der Waals surface area contributed by atoms with Gasteiger partial charge in [-0.3, -0.25) is 15.8 Å². The molecule has 4 heteroatoms. The van der Waals surface area contributed by atoms with Gasteiger partial charge in [-0.05, 0) is 17.7 Å². The van der Waals surface area contributed by atoms with Crippen molar-refractivity contribution in [2.75, 3.05) is 5.48 Å². The molecule has 0 amide bonds. The first-order chi connectivity index (χ1) is 9.86. The van der Waals surface area contributed by atoms with Crippen molar-refractivity contribution < 1.29 is 5.21 Å². The molecule has 0 fully saturated rings. The van der Waals surface area contributed by atoms with Gasteiger partial charge in [0.2, 0.25) is 0 Å². The Morgan fingerprint density at radius 2 is 1.85 bits per heavy atom. The number of hydrogen-bond donors (Lipinski definition) is 3. The highest BCUT2D eigenvalue weighted by molar-refractivity contribution is 5.81. The SMILES string of the molecule is ONc1ccc(-c2n[nH]c3c2Cc2ccccc2-3)cc1. The molecule has 0 saturated carbocycles. The Kier molecular flexibility index (Phi) is 2.37. The lowest BCUT2D eigenvalue weighted by molar-refractivity contribution is 0.389. The van der Waals surface area contributed by atoms with Crippen LogP contribution in [0.2, 0.25) is 0 Å². The number of rotatable bonds is 2. The molecule has 1 aliphatic carbocycles. The number of fused-ring (bicyclic) bond motifs is 3. The molecule has 2 aromatic carbocycles. The smallest absolute Gasteiger partial charge is 0.0962 e. The molecule has 0 aliphatic heterocycles. The fourth-order valence-electron chi connectivity index (χ4n) is 2.81. The second kappa shape index (κ2) is 4.21. The molecular formula is C16H13N3O. The average molecular weight is 263 g/mol. The van der Waals surface area contributed by atoms with Gasteiger partial charge in [-0.15, -0.1) is 0 Å². The molecular weight excluding hydrogens is 250 g/mol. The van der Waals surface area contributed by atoms with E-state index in [1.807, 2.05) is 24.3 Å². The maximum absolute atomic E-state index is 8.86. The van der Waals surface area contributed by atoms with E-state index in [2.05, 4.69) is 39.9 Å². The zero-order chi connectivity index (χ0) is 13.5.